The van der Waals surface area contributed by atoms with E-state index in [0.717, 1.165) is 16.0 Å². The standard InChI is InChI=1S/C17H15NO2S/c1-10-4-6-13(11(2)8-10)16(19)14(9-18)17(20)15-7-5-12(3)21-15/h4-8,14H,1-3H3/t14-/m0/s1. The molecule has 0 radical (unpaired) electrons. The normalized spacial score (nSPS) is 11.7. The largest absolute Gasteiger partial charge is 0.292 e. The van der Waals surface area contributed by atoms with Crippen LogP contribution in [0.15, 0.2) is 30.3 Å². The summed E-state index contributed by atoms with van der Waals surface area (Å²) in [6.07, 6.45) is 0. The molecule has 0 fully saturated rings. The molecule has 0 spiro atoms. The van der Waals surface area contributed by atoms with Crippen LogP contribution in [-0.4, -0.2) is 11.6 Å². The molecular weight excluding hydrogens is 282 g/mol. The summed E-state index contributed by atoms with van der Waals surface area (Å²) in [5.41, 5.74) is 2.27. The van der Waals surface area contributed by atoms with E-state index in [1.165, 1.54) is 11.3 Å². The number of hydrogen-bond acceptors (Lipinski definition) is 4. The average molecular weight is 297 g/mol. The van der Waals surface area contributed by atoms with Crippen molar-refractivity contribution >= 4 is 22.9 Å². The number of carbonyl (C=O) groups is 2. The van der Waals surface area contributed by atoms with Gasteiger partial charge in [-0.1, -0.05) is 23.8 Å². The van der Waals surface area contributed by atoms with Crippen LogP contribution in [0.25, 0.3) is 0 Å². The van der Waals surface area contributed by atoms with Crippen molar-refractivity contribution in [3.8, 4) is 6.07 Å². The zero-order chi connectivity index (χ0) is 15.6. The number of benzene rings is 1. The van der Waals surface area contributed by atoms with Gasteiger partial charge in [-0.3, -0.25) is 9.59 Å². The average Bonchev–Trinajstić information content (AvgIpc) is 2.86. The second-order valence-corrected chi connectivity index (χ2v) is 6.31. The molecule has 0 aliphatic rings. The minimum absolute atomic E-state index is 0.416. The number of nitriles is 1. The Kier molecular flexibility index (Phi) is 4.35. The van der Waals surface area contributed by atoms with Gasteiger partial charge in [0.05, 0.1) is 10.9 Å². The van der Waals surface area contributed by atoms with Gasteiger partial charge in [0.1, 0.15) is 0 Å². The van der Waals surface area contributed by atoms with Crippen LogP contribution in [0.2, 0.25) is 0 Å². The molecule has 0 aliphatic heterocycles. The quantitative estimate of drug-likeness (QED) is 0.635. The van der Waals surface area contributed by atoms with Gasteiger partial charge in [-0.05, 0) is 38.5 Å². The van der Waals surface area contributed by atoms with E-state index in [1.807, 2.05) is 45.0 Å². The molecule has 1 aromatic carbocycles. The molecule has 0 saturated carbocycles. The molecule has 2 aromatic rings. The number of aryl methyl sites for hydroxylation is 3. The number of Topliss-reactive ketones (excluding diaryl/α,β-unsaturated/α-hetero) is 2. The Bertz CT molecular complexity index is 752. The highest BCUT2D eigenvalue weighted by Crippen LogP contribution is 2.22. The van der Waals surface area contributed by atoms with Gasteiger partial charge >= 0.3 is 0 Å². The molecule has 1 heterocycles. The molecule has 0 amide bonds. The third kappa shape index (κ3) is 3.09. The van der Waals surface area contributed by atoms with Crippen molar-refractivity contribution in [3.05, 3.63) is 56.8 Å². The SMILES string of the molecule is Cc1ccc(C(=O)[C@H](C#N)C(=O)c2ccc(C)s2)c(C)c1. The maximum absolute atomic E-state index is 12.5. The van der Waals surface area contributed by atoms with E-state index in [2.05, 4.69) is 0 Å². The summed E-state index contributed by atoms with van der Waals surface area (Å²) in [5, 5.41) is 9.25. The molecule has 1 atom stereocenters. The van der Waals surface area contributed by atoms with Crippen LogP contribution in [0.1, 0.15) is 36.0 Å². The number of thiophene rings is 1. The van der Waals surface area contributed by atoms with E-state index in [9.17, 15) is 14.9 Å². The van der Waals surface area contributed by atoms with Gasteiger partial charge in [0.2, 0.25) is 0 Å². The lowest BCUT2D eigenvalue weighted by Gasteiger charge is -2.09. The first kappa shape index (κ1) is 15.1. The van der Waals surface area contributed by atoms with E-state index < -0.39 is 17.5 Å². The molecular formula is C17H15NO2S. The van der Waals surface area contributed by atoms with Gasteiger partial charge in [0.15, 0.2) is 17.5 Å². The Morgan fingerprint density at radius 1 is 1.10 bits per heavy atom. The van der Waals surface area contributed by atoms with Gasteiger partial charge in [-0.25, -0.2) is 0 Å². The minimum atomic E-state index is -1.27. The minimum Gasteiger partial charge on any atom is -0.292 e. The van der Waals surface area contributed by atoms with Gasteiger partial charge < -0.3 is 0 Å². The second kappa shape index (κ2) is 6.02. The summed E-state index contributed by atoms with van der Waals surface area (Å²) in [6, 6.07) is 10.7. The van der Waals surface area contributed by atoms with Crippen LogP contribution in [-0.2, 0) is 0 Å². The predicted octanol–water partition coefficient (Wildman–Crippen LogP) is 3.88. The monoisotopic (exact) mass is 297 g/mol. The highest BCUT2D eigenvalue weighted by Gasteiger charge is 2.30. The maximum atomic E-state index is 12.5. The molecule has 0 bridgehead atoms. The Morgan fingerprint density at radius 2 is 1.81 bits per heavy atom. The number of rotatable bonds is 4. The van der Waals surface area contributed by atoms with Crippen LogP contribution < -0.4 is 0 Å². The molecule has 0 saturated heterocycles. The zero-order valence-electron chi connectivity index (χ0n) is 12.1. The first-order valence-electron chi connectivity index (χ1n) is 6.55. The second-order valence-electron chi connectivity index (χ2n) is 5.02. The highest BCUT2D eigenvalue weighted by molar-refractivity contribution is 7.14. The molecule has 0 unspecified atom stereocenters. The first-order valence-corrected chi connectivity index (χ1v) is 7.37. The highest BCUT2D eigenvalue weighted by atomic mass is 32.1. The topological polar surface area (TPSA) is 57.9 Å². The van der Waals surface area contributed by atoms with Crippen molar-refractivity contribution in [2.75, 3.05) is 0 Å². The Morgan fingerprint density at radius 3 is 2.33 bits per heavy atom. The molecule has 4 heteroatoms. The third-order valence-corrected chi connectivity index (χ3v) is 4.30. The summed E-state index contributed by atoms with van der Waals surface area (Å²) >= 11 is 1.31. The lowest BCUT2D eigenvalue weighted by atomic mass is 9.91. The zero-order valence-corrected chi connectivity index (χ0v) is 13.0. The Hall–Kier alpha value is -2.25. The van der Waals surface area contributed by atoms with Crippen LogP contribution in [0.4, 0.5) is 0 Å². The summed E-state index contributed by atoms with van der Waals surface area (Å²) in [6.45, 7) is 5.63. The van der Waals surface area contributed by atoms with Gasteiger partial charge in [-0.2, -0.15) is 5.26 Å². The van der Waals surface area contributed by atoms with Crippen LogP contribution in [0.3, 0.4) is 0 Å². The molecule has 0 N–H and O–H groups in total. The fourth-order valence-corrected chi connectivity index (χ4v) is 3.03. The van der Waals surface area contributed by atoms with Crippen molar-refractivity contribution < 1.29 is 9.59 Å². The number of hydrogen-bond donors (Lipinski definition) is 0. The van der Waals surface area contributed by atoms with E-state index >= 15 is 0 Å². The fourth-order valence-electron chi connectivity index (χ4n) is 2.19. The number of nitrogens with zero attached hydrogens (tertiary/aromatic N) is 1. The van der Waals surface area contributed by atoms with Gasteiger partial charge in [0, 0.05) is 10.4 Å². The molecule has 1 aromatic heterocycles. The predicted molar refractivity (Wildman–Crippen MR) is 82.7 cm³/mol. The Balaban J connectivity index is 2.35. The lowest BCUT2D eigenvalue weighted by molar-refractivity contribution is 0.0848. The number of carbonyl (C=O) groups excluding carboxylic acids is 2. The van der Waals surface area contributed by atoms with Crippen molar-refractivity contribution in [1.29, 1.82) is 5.26 Å². The summed E-state index contributed by atoms with van der Waals surface area (Å²) in [4.78, 5) is 26.3. The Labute approximate surface area is 127 Å². The van der Waals surface area contributed by atoms with Crippen LogP contribution in [0.5, 0.6) is 0 Å². The molecule has 106 valence electrons. The van der Waals surface area contributed by atoms with Crippen LogP contribution in [0, 0.1) is 38.0 Å². The van der Waals surface area contributed by atoms with Crippen molar-refractivity contribution in [2.24, 2.45) is 5.92 Å². The van der Waals surface area contributed by atoms with Gasteiger partial charge in [-0.15, -0.1) is 11.3 Å². The summed E-state index contributed by atoms with van der Waals surface area (Å²) in [7, 11) is 0. The molecule has 0 aliphatic carbocycles. The molecule has 21 heavy (non-hydrogen) atoms. The molecule has 2 rings (SSSR count). The number of ketones is 2. The van der Waals surface area contributed by atoms with E-state index in [4.69, 9.17) is 0 Å². The summed E-state index contributed by atoms with van der Waals surface area (Å²) < 4.78 is 0. The smallest absolute Gasteiger partial charge is 0.197 e. The first-order chi connectivity index (χ1) is 9.93. The van der Waals surface area contributed by atoms with E-state index in [-0.39, 0.29) is 0 Å². The van der Waals surface area contributed by atoms with Crippen molar-refractivity contribution in [3.63, 3.8) is 0 Å². The van der Waals surface area contributed by atoms with E-state index in [0.29, 0.717) is 10.4 Å². The fraction of sp³-hybridized carbons (Fsp3) is 0.235. The van der Waals surface area contributed by atoms with Crippen LogP contribution >= 0.6 is 11.3 Å². The maximum Gasteiger partial charge on any atom is 0.197 e. The molecule has 3 nitrogen and oxygen atoms in total. The van der Waals surface area contributed by atoms with Crippen molar-refractivity contribution in [2.45, 2.75) is 20.8 Å². The van der Waals surface area contributed by atoms with E-state index in [1.54, 1.807) is 12.1 Å². The van der Waals surface area contributed by atoms with Crippen molar-refractivity contribution in [1.82, 2.24) is 0 Å². The van der Waals surface area contributed by atoms with Gasteiger partial charge in [0.25, 0.3) is 0 Å². The summed E-state index contributed by atoms with van der Waals surface area (Å²) in [5.74, 6) is -2.11. The lowest BCUT2D eigenvalue weighted by Crippen LogP contribution is -2.23. The third-order valence-electron chi connectivity index (χ3n) is 3.28.